The second-order valence-electron chi connectivity index (χ2n) is 5.57. The molecule has 1 aliphatic carbocycles. The number of nitrogens with one attached hydrogen (secondary N) is 1. The first-order valence-electron chi connectivity index (χ1n) is 7.18. The minimum Gasteiger partial charge on any atom is -0.307 e. The Morgan fingerprint density at radius 1 is 1.17 bits per heavy atom. The number of rotatable bonds is 4. The average molecular weight is 286 g/mol. The maximum Gasteiger partial charge on any atom is 0.0931 e. The van der Waals surface area contributed by atoms with Crippen LogP contribution in [0.15, 0.2) is 12.1 Å². The van der Waals surface area contributed by atoms with Gasteiger partial charge in [0.25, 0.3) is 0 Å². The van der Waals surface area contributed by atoms with E-state index in [1.807, 2.05) is 6.07 Å². The molecular weight excluding hydrogens is 262 g/mol. The molecule has 1 fully saturated rings. The zero-order valence-electron chi connectivity index (χ0n) is 11.4. The Morgan fingerprint density at radius 3 is 2.39 bits per heavy atom. The molecule has 1 heterocycles. The summed E-state index contributed by atoms with van der Waals surface area (Å²) in [5.74, 6) is 0.852. The van der Waals surface area contributed by atoms with Crippen LogP contribution in [0.4, 0.5) is 0 Å². The summed E-state index contributed by atoms with van der Waals surface area (Å²) >= 11 is 7.69. The summed E-state index contributed by atoms with van der Waals surface area (Å²) < 4.78 is 0.890. The molecular formula is C15H24ClNS. The molecule has 18 heavy (non-hydrogen) atoms. The second-order valence-corrected chi connectivity index (χ2v) is 7.32. The van der Waals surface area contributed by atoms with Gasteiger partial charge < -0.3 is 5.32 Å². The SMILES string of the molecule is CC(N[C@@H](C)C1CCCCCC1)c1ccc(Cl)s1. The summed E-state index contributed by atoms with van der Waals surface area (Å²) in [5, 5.41) is 3.76. The standard InChI is InChI=1S/C15H24ClNS/c1-11(13-7-5-3-4-6-8-13)17-12(2)14-9-10-15(16)18-14/h9-13,17H,3-8H2,1-2H3/t11-,12?/m0/s1. The van der Waals surface area contributed by atoms with Gasteiger partial charge in [-0.2, -0.15) is 0 Å². The molecule has 0 spiro atoms. The molecule has 3 heteroatoms. The summed E-state index contributed by atoms with van der Waals surface area (Å²) in [4.78, 5) is 1.35. The highest BCUT2D eigenvalue weighted by Crippen LogP contribution is 2.30. The van der Waals surface area contributed by atoms with E-state index >= 15 is 0 Å². The van der Waals surface area contributed by atoms with Crippen molar-refractivity contribution in [3.05, 3.63) is 21.3 Å². The van der Waals surface area contributed by atoms with Crippen LogP contribution in [0.5, 0.6) is 0 Å². The van der Waals surface area contributed by atoms with Gasteiger partial charge in [-0.15, -0.1) is 11.3 Å². The lowest BCUT2D eigenvalue weighted by Crippen LogP contribution is -2.35. The summed E-state index contributed by atoms with van der Waals surface area (Å²) in [7, 11) is 0. The Balaban J connectivity index is 1.87. The predicted octanol–water partition coefficient (Wildman–Crippen LogP) is 5.41. The van der Waals surface area contributed by atoms with E-state index in [9.17, 15) is 0 Å². The first kappa shape index (κ1) is 14.4. The molecule has 1 aliphatic rings. The van der Waals surface area contributed by atoms with Crippen LogP contribution in [-0.4, -0.2) is 6.04 Å². The molecule has 1 aromatic heterocycles. The number of hydrogen-bond acceptors (Lipinski definition) is 2. The first-order valence-corrected chi connectivity index (χ1v) is 8.37. The quantitative estimate of drug-likeness (QED) is 0.729. The van der Waals surface area contributed by atoms with E-state index in [-0.39, 0.29) is 0 Å². The van der Waals surface area contributed by atoms with E-state index in [2.05, 4.69) is 25.2 Å². The van der Waals surface area contributed by atoms with E-state index in [1.54, 1.807) is 11.3 Å². The molecule has 0 radical (unpaired) electrons. The fourth-order valence-electron chi connectivity index (χ4n) is 2.98. The highest BCUT2D eigenvalue weighted by Gasteiger charge is 2.21. The molecule has 0 amide bonds. The largest absolute Gasteiger partial charge is 0.307 e. The molecule has 1 saturated carbocycles. The molecule has 0 aliphatic heterocycles. The molecule has 2 atom stereocenters. The highest BCUT2D eigenvalue weighted by atomic mass is 35.5. The van der Waals surface area contributed by atoms with Crippen LogP contribution < -0.4 is 5.32 Å². The topological polar surface area (TPSA) is 12.0 Å². The molecule has 0 aromatic carbocycles. The monoisotopic (exact) mass is 285 g/mol. The normalized spacial score (nSPS) is 21.5. The minimum absolute atomic E-state index is 0.417. The van der Waals surface area contributed by atoms with Crippen molar-refractivity contribution in [1.82, 2.24) is 5.32 Å². The third-order valence-corrected chi connectivity index (χ3v) is 5.55. The van der Waals surface area contributed by atoms with E-state index in [1.165, 1.54) is 43.4 Å². The Labute approximate surface area is 120 Å². The van der Waals surface area contributed by atoms with Crippen LogP contribution in [-0.2, 0) is 0 Å². The zero-order chi connectivity index (χ0) is 13.0. The number of thiophene rings is 1. The van der Waals surface area contributed by atoms with Crippen molar-refractivity contribution >= 4 is 22.9 Å². The molecule has 1 nitrogen and oxygen atoms in total. The van der Waals surface area contributed by atoms with Gasteiger partial charge in [-0.25, -0.2) is 0 Å². The van der Waals surface area contributed by atoms with Crippen molar-refractivity contribution in [2.75, 3.05) is 0 Å². The summed E-state index contributed by atoms with van der Waals surface area (Å²) in [6, 6.07) is 5.17. The predicted molar refractivity (Wildman–Crippen MR) is 81.5 cm³/mol. The van der Waals surface area contributed by atoms with Gasteiger partial charge in [0.1, 0.15) is 0 Å². The van der Waals surface area contributed by atoms with Crippen LogP contribution in [0.2, 0.25) is 4.34 Å². The van der Waals surface area contributed by atoms with Gasteiger partial charge in [0.05, 0.1) is 4.34 Å². The van der Waals surface area contributed by atoms with Crippen LogP contribution >= 0.6 is 22.9 Å². The van der Waals surface area contributed by atoms with Crippen LogP contribution in [0, 0.1) is 5.92 Å². The van der Waals surface area contributed by atoms with Crippen LogP contribution in [0.25, 0.3) is 0 Å². The van der Waals surface area contributed by atoms with Gasteiger partial charge in [-0.05, 0) is 44.7 Å². The average Bonchev–Trinajstić information content (AvgIpc) is 2.63. The molecule has 1 N–H and O–H groups in total. The van der Waals surface area contributed by atoms with Crippen molar-refractivity contribution < 1.29 is 0 Å². The number of hydrogen-bond donors (Lipinski definition) is 1. The van der Waals surface area contributed by atoms with Crippen molar-refractivity contribution in [1.29, 1.82) is 0 Å². The summed E-state index contributed by atoms with van der Waals surface area (Å²) in [5.41, 5.74) is 0. The maximum atomic E-state index is 6.00. The lowest BCUT2D eigenvalue weighted by Gasteiger charge is -2.26. The Morgan fingerprint density at radius 2 is 1.83 bits per heavy atom. The summed E-state index contributed by atoms with van der Waals surface area (Å²) in [6.45, 7) is 4.59. The molecule has 0 saturated heterocycles. The van der Waals surface area contributed by atoms with Crippen LogP contribution in [0.1, 0.15) is 63.3 Å². The lowest BCUT2D eigenvalue weighted by molar-refractivity contribution is 0.318. The van der Waals surface area contributed by atoms with Crippen molar-refractivity contribution in [2.24, 2.45) is 5.92 Å². The van der Waals surface area contributed by atoms with Crippen LogP contribution in [0.3, 0.4) is 0 Å². The highest BCUT2D eigenvalue weighted by molar-refractivity contribution is 7.16. The number of halogens is 1. The third-order valence-electron chi connectivity index (χ3n) is 4.14. The fourth-order valence-corrected chi connectivity index (χ4v) is 4.06. The zero-order valence-corrected chi connectivity index (χ0v) is 13.0. The van der Waals surface area contributed by atoms with Gasteiger partial charge in [0.15, 0.2) is 0 Å². The van der Waals surface area contributed by atoms with E-state index in [0.717, 1.165) is 10.3 Å². The van der Waals surface area contributed by atoms with Gasteiger partial charge in [-0.1, -0.05) is 37.3 Å². The molecule has 1 aromatic rings. The minimum atomic E-state index is 0.417. The van der Waals surface area contributed by atoms with Gasteiger partial charge in [-0.3, -0.25) is 0 Å². The Bertz CT molecular complexity index is 355. The van der Waals surface area contributed by atoms with Crippen molar-refractivity contribution in [2.45, 2.75) is 64.5 Å². The lowest BCUT2D eigenvalue weighted by atomic mass is 9.92. The fraction of sp³-hybridized carbons (Fsp3) is 0.733. The molecule has 2 rings (SSSR count). The molecule has 0 bridgehead atoms. The van der Waals surface area contributed by atoms with E-state index in [0.29, 0.717) is 12.1 Å². The van der Waals surface area contributed by atoms with Crippen molar-refractivity contribution in [3.63, 3.8) is 0 Å². The Kier molecular flexibility index (Phi) is 5.53. The van der Waals surface area contributed by atoms with Gasteiger partial charge >= 0.3 is 0 Å². The van der Waals surface area contributed by atoms with Crippen molar-refractivity contribution in [3.8, 4) is 0 Å². The third kappa shape index (κ3) is 3.97. The Hall–Kier alpha value is -0.0500. The van der Waals surface area contributed by atoms with Gasteiger partial charge in [0, 0.05) is 17.0 Å². The van der Waals surface area contributed by atoms with E-state index < -0.39 is 0 Å². The molecule has 102 valence electrons. The van der Waals surface area contributed by atoms with Gasteiger partial charge in [0.2, 0.25) is 0 Å². The molecule has 1 unspecified atom stereocenters. The maximum absolute atomic E-state index is 6.00. The van der Waals surface area contributed by atoms with E-state index in [4.69, 9.17) is 11.6 Å². The smallest absolute Gasteiger partial charge is 0.0931 e. The first-order chi connectivity index (χ1) is 8.66. The second kappa shape index (κ2) is 6.93. The summed E-state index contributed by atoms with van der Waals surface area (Å²) in [6.07, 6.45) is 8.47.